The quantitative estimate of drug-likeness (QED) is 0.562. The smallest absolute Gasteiger partial charge is 0.270 e. The number of hydrogen-bond donors (Lipinski definition) is 2. The third kappa shape index (κ3) is 3.69. The molecule has 3 atom stereocenters. The van der Waals surface area contributed by atoms with Crippen molar-refractivity contribution in [2.75, 3.05) is 18.9 Å². The van der Waals surface area contributed by atoms with Gasteiger partial charge in [0.25, 0.3) is 5.91 Å². The molecule has 6 rings (SSSR count). The van der Waals surface area contributed by atoms with E-state index in [-0.39, 0.29) is 30.7 Å². The maximum atomic E-state index is 14.1. The fourth-order valence-electron chi connectivity index (χ4n) is 6.02. The summed E-state index contributed by atoms with van der Waals surface area (Å²) in [7, 11) is 1.66. The summed E-state index contributed by atoms with van der Waals surface area (Å²) in [6.07, 6.45) is 2.84. The van der Waals surface area contributed by atoms with E-state index in [9.17, 15) is 19.6 Å². The number of nitrogens with zero attached hydrogens (tertiary/aromatic N) is 3. The number of benzene rings is 2. The van der Waals surface area contributed by atoms with Gasteiger partial charge >= 0.3 is 0 Å². The molecule has 1 spiro atoms. The van der Waals surface area contributed by atoms with Crippen molar-refractivity contribution >= 4 is 34.3 Å². The number of nitriles is 1. The van der Waals surface area contributed by atoms with Crippen molar-refractivity contribution < 1.29 is 14.4 Å². The highest BCUT2D eigenvalue weighted by atomic mass is 16.2. The van der Waals surface area contributed by atoms with Gasteiger partial charge in [-0.25, -0.2) is 0 Å². The summed E-state index contributed by atoms with van der Waals surface area (Å²) in [6, 6.07) is 16.0. The lowest BCUT2D eigenvalue weighted by Crippen LogP contribution is -2.51. The Bertz CT molecular complexity index is 1480. The summed E-state index contributed by atoms with van der Waals surface area (Å²) in [4.78, 5) is 47.1. The van der Waals surface area contributed by atoms with Crippen molar-refractivity contribution in [1.82, 2.24) is 14.8 Å². The highest BCUT2D eigenvalue weighted by Gasteiger charge is 2.56. The number of carbonyl (C=O) groups excluding carboxylic acids is 3. The minimum atomic E-state index is -0.950. The Hall–Kier alpha value is -4.12. The Morgan fingerprint density at radius 2 is 2.00 bits per heavy atom. The van der Waals surface area contributed by atoms with Crippen LogP contribution in [0.1, 0.15) is 47.3 Å². The zero-order valence-electron chi connectivity index (χ0n) is 21.0. The van der Waals surface area contributed by atoms with Crippen LogP contribution in [0.15, 0.2) is 48.5 Å². The number of fused-ring (bicyclic) bond motifs is 3. The number of aromatic amines is 1. The van der Waals surface area contributed by atoms with Gasteiger partial charge in [0.15, 0.2) is 0 Å². The molecule has 2 aromatic carbocycles. The maximum Gasteiger partial charge on any atom is 0.270 e. The summed E-state index contributed by atoms with van der Waals surface area (Å²) < 4.78 is 0. The first kappa shape index (κ1) is 23.3. The lowest BCUT2D eigenvalue weighted by Gasteiger charge is -2.32. The molecule has 1 aliphatic carbocycles. The average Bonchev–Trinajstić information content (AvgIpc) is 3.36. The maximum absolute atomic E-state index is 14.1. The first-order valence-corrected chi connectivity index (χ1v) is 12.8. The van der Waals surface area contributed by atoms with E-state index in [1.165, 1.54) is 9.80 Å². The molecule has 3 amide bonds. The second kappa shape index (κ2) is 8.48. The van der Waals surface area contributed by atoms with Crippen LogP contribution in [0.4, 0.5) is 5.69 Å². The normalized spacial score (nSPS) is 23.1. The van der Waals surface area contributed by atoms with Crippen LogP contribution >= 0.6 is 0 Å². The number of para-hydroxylation sites is 1. The first-order chi connectivity index (χ1) is 17.8. The third-order valence-electron chi connectivity index (χ3n) is 8.35. The number of likely N-dealkylation sites (tertiary alicyclic amines) is 1. The predicted molar refractivity (Wildman–Crippen MR) is 139 cm³/mol. The van der Waals surface area contributed by atoms with E-state index in [1.54, 1.807) is 7.05 Å². The van der Waals surface area contributed by atoms with Crippen molar-refractivity contribution in [3.63, 3.8) is 0 Å². The molecular weight excluding hydrogens is 466 g/mol. The summed E-state index contributed by atoms with van der Waals surface area (Å²) in [5, 5.41) is 13.9. The molecule has 0 bridgehead atoms. The number of H-pyrrole nitrogens is 1. The van der Waals surface area contributed by atoms with Crippen LogP contribution in [0.3, 0.4) is 0 Å². The van der Waals surface area contributed by atoms with Crippen LogP contribution in [-0.4, -0.2) is 58.2 Å². The highest BCUT2D eigenvalue weighted by Crippen LogP contribution is 2.47. The van der Waals surface area contributed by atoms with E-state index in [2.05, 4.69) is 16.4 Å². The average molecular weight is 496 g/mol. The highest BCUT2D eigenvalue weighted by molar-refractivity contribution is 6.07. The molecule has 188 valence electrons. The molecule has 3 aliphatic rings. The van der Waals surface area contributed by atoms with Crippen LogP contribution in [0.2, 0.25) is 0 Å². The Morgan fingerprint density at radius 1 is 1.22 bits per heavy atom. The van der Waals surface area contributed by atoms with Gasteiger partial charge in [-0.2, -0.15) is 5.26 Å². The van der Waals surface area contributed by atoms with E-state index in [4.69, 9.17) is 0 Å². The van der Waals surface area contributed by atoms with Crippen LogP contribution in [0.25, 0.3) is 10.9 Å². The van der Waals surface area contributed by atoms with E-state index in [0.29, 0.717) is 18.0 Å². The molecular formula is C29H29N5O3. The minimum Gasteiger partial charge on any atom is -0.351 e. The lowest BCUT2D eigenvalue weighted by atomic mass is 9.80. The zero-order chi connectivity index (χ0) is 25.9. The predicted octanol–water partition coefficient (Wildman–Crippen LogP) is 3.73. The minimum absolute atomic E-state index is 0.127. The largest absolute Gasteiger partial charge is 0.351 e. The summed E-state index contributed by atoms with van der Waals surface area (Å²) in [6.45, 7) is 2.12. The molecule has 2 aliphatic heterocycles. The first-order valence-electron chi connectivity index (χ1n) is 12.8. The molecule has 1 saturated carbocycles. The van der Waals surface area contributed by atoms with E-state index < -0.39 is 17.5 Å². The van der Waals surface area contributed by atoms with Crippen LogP contribution in [0.5, 0.6) is 0 Å². The standard InChI is InChI=1S/C29H29N5O3/c1-17-6-5-9-22-20(17)13-24(31-22)26(35)33(2)25(12-18-10-11-18)27(36)34-16-29(14-19(34)15-30)21-7-3-4-8-23(21)32-28(29)37/h3-9,13,18-19,25,31H,10-12,14,16H2,1-2H3,(H,32,37)/t19-,25-,29-/m0/s1. The summed E-state index contributed by atoms with van der Waals surface area (Å²) in [5.74, 6) is -0.334. The Morgan fingerprint density at radius 3 is 2.73 bits per heavy atom. The second-order valence-corrected chi connectivity index (χ2v) is 10.7. The van der Waals surface area contributed by atoms with E-state index in [1.807, 2.05) is 55.5 Å². The van der Waals surface area contributed by atoms with Crippen LogP contribution in [-0.2, 0) is 15.0 Å². The molecule has 0 radical (unpaired) electrons. The van der Waals surface area contributed by atoms with Crippen LogP contribution < -0.4 is 5.32 Å². The number of carbonyl (C=O) groups is 3. The number of aromatic nitrogens is 1. The van der Waals surface area contributed by atoms with Crippen molar-refractivity contribution in [3.8, 4) is 6.07 Å². The second-order valence-electron chi connectivity index (χ2n) is 10.7. The van der Waals surface area contributed by atoms with Gasteiger partial charge in [0.2, 0.25) is 11.8 Å². The molecule has 0 unspecified atom stereocenters. The molecule has 2 fully saturated rings. The zero-order valence-corrected chi connectivity index (χ0v) is 21.0. The fourth-order valence-corrected chi connectivity index (χ4v) is 6.02. The molecule has 37 heavy (non-hydrogen) atoms. The molecule has 8 heteroatoms. The topological polar surface area (TPSA) is 109 Å². The van der Waals surface area contributed by atoms with Crippen molar-refractivity contribution in [2.24, 2.45) is 5.92 Å². The molecule has 3 heterocycles. The van der Waals surface area contributed by atoms with Crippen LogP contribution in [0, 0.1) is 24.2 Å². The van der Waals surface area contributed by atoms with Gasteiger partial charge < -0.3 is 20.1 Å². The molecule has 2 N–H and O–H groups in total. The van der Waals surface area contributed by atoms with E-state index in [0.717, 1.165) is 40.6 Å². The van der Waals surface area contributed by atoms with Gasteiger partial charge in [0, 0.05) is 36.6 Å². The lowest BCUT2D eigenvalue weighted by molar-refractivity contribution is -0.136. The summed E-state index contributed by atoms with van der Waals surface area (Å²) >= 11 is 0. The Balaban J connectivity index is 1.31. The number of nitrogens with one attached hydrogen (secondary N) is 2. The van der Waals surface area contributed by atoms with Gasteiger partial charge in [-0.15, -0.1) is 0 Å². The number of aryl methyl sites for hydroxylation is 1. The van der Waals surface area contributed by atoms with Gasteiger partial charge in [-0.05, 0) is 48.6 Å². The summed E-state index contributed by atoms with van der Waals surface area (Å²) in [5.41, 5.74) is 2.98. The molecule has 1 saturated heterocycles. The van der Waals surface area contributed by atoms with E-state index >= 15 is 0 Å². The van der Waals surface area contributed by atoms with Gasteiger partial charge in [-0.1, -0.05) is 43.2 Å². The third-order valence-corrected chi connectivity index (χ3v) is 8.35. The molecule has 3 aromatic rings. The van der Waals surface area contributed by atoms with Gasteiger partial charge in [0.1, 0.15) is 17.8 Å². The van der Waals surface area contributed by atoms with Crippen molar-refractivity contribution in [1.29, 1.82) is 5.26 Å². The number of anilines is 1. The molecule has 1 aromatic heterocycles. The van der Waals surface area contributed by atoms with Gasteiger partial charge in [0.05, 0.1) is 11.5 Å². The number of rotatable bonds is 5. The Kier molecular flexibility index (Phi) is 5.34. The number of likely N-dealkylation sites (N-methyl/N-ethyl adjacent to an activating group) is 1. The Labute approximate surface area is 215 Å². The van der Waals surface area contributed by atoms with Crippen molar-refractivity contribution in [2.45, 2.75) is 50.1 Å². The number of amides is 3. The monoisotopic (exact) mass is 495 g/mol. The number of hydrogen-bond acceptors (Lipinski definition) is 4. The molecule has 8 nitrogen and oxygen atoms in total. The van der Waals surface area contributed by atoms with Crippen molar-refractivity contribution in [3.05, 3.63) is 65.4 Å². The SMILES string of the molecule is Cc1cccc2[nH]c(C(=O)N(C)[C@@H](CC3CC3)C(=O)N3C[C@]4(C[C@H]3C#N)C(=O)Nc3ccccc34)cc12. The van der Waals surface area contributed by atoms with Gasteiger partial charge in [-0.3, -0.25) is 14.4 Å². The fraction of sp³-hybridized carbons (Fsp3) is 0.379.